The number of hydrogen-bond acceptors (Lipinski definition) is 2. The third-order valence-corrected chi connectivity index (χ3v) is 3.29. The van der Waals surface area contributed by atoms with Gasteiger partial charge in [0.05, 0.1) is 0 Å². The van der Waals surface area contributed by atoms with E-state index in [1.54, 1.807) is 6.07 Å². The molecule has 0 unspecified atom stereocenters. The summed E-state index contributed by atoms with van der Waals surface area (Å²) in [4.78, 5) is 0. The van der Waals surface area contributed by atoms with E-state index < -0.39 is 0 Å². The summed E-state index contributed by atoms with van der Waals surface area (Å²) < 4.78 is 13.7. The van der Waals surface area contributed by atoms with Gasteiger partial charge in [-0.15, -0.1) is 0 Å². The maximum absolute atomic E-state index is 12.9. The van der Waals surface area contributed by atoms with Crippen LogP contribution in [0.4, 0.5) is 10.1 Å². The summed E-state index contributed by atoms with van der Waals surface area (Å²) in [6, 6.07) is 5.24. The van der Waals surface area contributed by atoms with Crippen molar-refractivity contribution in [1.82, 2.24) is 5.32 Å². The second kappa shape index (κ2) is 4.94. The van der Waals surface area contributed by atoms with Crippen molar-refractivity contribution in [3.05, 3.63) is 28.5 Å². The maximum Gasteiger partial charge on any atom is 0.124 e. The standard InChI is InChI=1S/C11H14BrFN2/c12-10-7-8(13)1-2-11(10)15-9-3-5-14-6-4-9/h1-2,7,9,14-15H,3-6H2. The van der Waals surface area contributed by atoms with E-state index in [0.717, 1.165) is 36.1 Å². The van der Waals surface area contributed by atoms with E-state index in [1.807, 2.05) is 0 Å². The number of nitrogens with one attached hydrogen (secondary N) is 2. The molecule has 0 spiro atoms. The molecule has 0 saturated carbocycles. The highest BCUT2D eigenvalue weighted by Crippen LogP contribution is 2.24. The van der Waals surface area contributed by atoms with Gasteiger partial charge in [0.25, 0.3) is 0 Å². The lowest BCUT2D eigenvalue weighted by Crippen LogP contribution is -2.35. The maximum atomic E-state index is 12.9. The summed E-state index contributed by atoms with van der Waals surface area (Å²) in [5.74, 6) is -0.210. The predicted octanol–water partition coefficient (Wildman–Crippen LogP) is 2.75. The lowest BCUT2D eigenvalue weighted by Gasteiger charge is -2.25. The van der Waals surface area contributed by atoms with Gasteiger partial charge in [-0.1, -0.05) is 0 Å². The van der Waals surface area contributed by atoms with Crippen molar-refractivity contribution in [2.24, 2.45) is 0 Å². The molecule has 1 saturated heterocycles. The van der Waals surface area contributed by atoms with Gasteiger partial charge >= 0.3 is 0 Å². The summed E-state index contributed by atoms with van der Waals surface area (Å²) in [5.41, 5.74) is 0.975. The third kappa shape index (κ3) is 2.92. The molecule has 15 heavy (non-hydrogen) atoms. The lowest BCUT2D eigenvalue weighted by molar-refractivity contribution is 0.479. The van der Waals surface area contributed by atoms with Crippen LogP contribution in [0.15, 0.2) is 22.7 Å². The second-order valence-corrected chi connectivity index (χ2v) is 4.65. The Morgan fingerprint density at radius 1 is 1.33 bits per heavy atom. The van der Waals surface area contributed by atoms with Gasteiger partial charge < -0.3 is 10.6 Å². The van der Waals surface area contributed by atoms with E-state index in [4.69, 9.17) is 0 Å². The summed E-state index contributed by atoms with van der Waals surface area (Å²) in [5, 5.41) is 6.74. The average Bonchev–Trinajstić information content (AvgIpc) is 2.24. The van der Waals surface area contributed by atoms with Crippen molar-refractivity contribution in [1.29, 1.82) is 0 Å². The number of halogens is 2. The van der Waals surface area contributed by atoms with E-state index in [9.17, 15) is 4.39 Å². The number of rotatable bonds is 2. The molecule has 0 aromatic heterocycles. The Labute approximate surface area is 97.4 Å². The van der Waals surface area contributed by atoms with Crippen molar-refractivity contribution in [2.45, 2.75) is 18.9 Å². The van der Waals surface area contributed by atoms with Crippen LogP contribution >= 0.6 is 15.9 Å². The third-order valence-electron chi connectivity index (χ3n) is 2.63. The van der Waals surface area contributed by atoms with E-state index in [2.05, 4.69) is 26.6 Å². The first kappa shape index (κ1) is 10.9. The van der Waals surface area contributed by atoms with E-state index in [-0.39, 0.29) is 5.82 Å². The molecule has 0 radical (unpaired) electrons. The van der Waals surface area contributed by atoms with Crippen LogP contribution in [-0.2, 0) is 0 Å². The van der Waals surface area contributed by atoms with Gasteiger partial charge in [0.1, 0.15) is 5.82 Å². The minimum absolute atomic E-state index is 0.210. The number of anilines is 1. The van der Waals surface area contributed by atoms with Crippen molar-refractivity contribution >= 4 is 21.6 Å². The number of hydrogen-bond donors (Lipinski definition) is 2. The SMILES string of the molecule is Fc1ccc(NC2CCNCC2)c(Br)c1. The Bertz CT molecular complexity index is 337. The molecular formula is C11H14BrFN2. The van der Waals surface area contributed by atoms with Crippen LogP contribution < -0.4 is 10.6 Å². The van der Waals surface area contributed by atoms with Crippen LogP contribution in [0.5, 0.6) is 0 Å². The highest BCUT2D eigenvalue weighted by molar-refractivity contribution is 9.10. The van der Waals surface area contributed by atoms with Gasteiger partial charge in [-0.2, -0.15) is 0 Å². The lowest BCUT2D eigenvalue weighted by atomic mass is 10.1. The van der Waals surface area contributed by atoms with Gasteiger partial charge in [-0.3, -0.25) is 0 Å². The molecule has 0 aliphatic carbocycles. The van der Waals surface area contributed by atoms with E-state index >= 15 is 0 Å². The first-order chi connectivity index (χ1) is 7.25. The smallest absolute Gasteiger partial charge is 0.124 e. The molecule has 0 atom stereocenters. The molecule has 1 aromatic carbocycles. The van der Waals surface area contributed by atoms with Crippen molar-refractivity contribution in [3.63, 3.8) is 0 Å². The molecule has 0 bridgehead atoms. The van der Waals surface area contributed by atoms with Crippen LogP contribution in [0, 0.1) is 5.82 Å². The number of benzene rings is 1. The summed E-state index contributed by atoms with van der Waals surface area (Å²) in [7, 11) is 0. The van der Waals surface area contributed by atoms with Crippen LogP contribution in [0.2, 0.25) is 0 Å². The van der Waals surface area contributed by atoms with Crippen LogP contribution in [0.1, 0.15) is 12.8 Å². The monoisotopic (exact) mass is 272 g/mol. The fourth-order valence-corrected chi connectivity index (χ4v) is 2.26. The van der Waals surface area contributed by atoms with Gasteiger partial charge in [-0.25, -0.2) is 4.39 Å². The van der Waals surface area contributed by atoms with Crippen LogP contribution in [-0.4, -0.2) is 19.1 Å². The first-order valence-corrected chi connectivity index (χ1v) is 5.97. The highest BCUT2D eigenvalue weighted by atomic mass is 79.9. The molecule has 1 aliphatic heterocycles. The average molecular weight is 273 g/mol. The quantitative estimate of drug-likeness (QED) is 0.865. The molecule has 0 amide bonds. The van der Waals surface area contributed by atoms with Gasteiger partial charge in [0.15, 0.2) is 0 Å². The molecule has 2 rings (SSSR count). The summed E-state index contributed by atoms with van der Waals surface area (Å²) in [6.45, 7) is 2.10. The molecule has 82 valence electrons. The van der Waals surface area contributed by atoms with Gasteiger partial charge in [0, 0.05) is 16.2 Å². The predicted molar refractivity (Wildman–Crippen MR) is 63.6 cm³/mol. The van der Waals surface area contributed by atoms with Gasteiger partial charge in [-0.05, 0) is 60.1 Å². The first-order valence-electron chi connectivity index (χ1n) is 5.18. The van der Waals surface area contributed by atoms with E-state index in [1.165, 1.54) is 12.1 Å². The Morgan fingerprint density at radius 3 is 2.73 bits per heavy atom. The summed E-state index contributed by atoms with van der Waals surface area (Å²) >= 11 is 3.36. The van der Waals surface area contributed by atoms with Crippen LogP contribution in [0.3, 0.4) is 0 Å². The van der Waals surface area contributed by atoms with Crippen molar-refractivity contribution in [2.75, 3.05) is 18.4 Å². The Morgan fingerprint density at radius 2 is 2.07 bits per heavy atom. The Kier molecular flexibility index (Phi) is 3.59. The van der Waals surface area contributed by atoms with Crippen molar-refractivity contribution in [3.8, 4) is 0 Å². The zero-order chi connectivity index (χ0) is 10.7. The second-order valence-electron chi connectivity index (χ2n) is 3.79. The molecule has 4 heteroatoms. The van der Waals surface area contributed by atoms with Crippen molar-refractivity contribution < 1.29 is 4.39 Å². The fourth-order valence-electron chi connectivity index (χ4n) is 1.79. The molecular weight excluding hydrogens is 259 g/mol. The van der Waals surface area contributed by atoms with Gasteiger partial charge in [0.2, 0.25) is 0 Å². The minimum Gasteiger partial charge on any atom is -0.381 e. The molecule has 1 heterocycles. The minimum atomic E-state index is -0.210. The highest BCUT2D eigenvalue weighted by Gasteiger charge is 2.13. The summed E-state index contributed by atoms with van der Waals surface area (Å²) in [6.07, 6.45) is 2.23. The molecule has 1 aromatic rings. The Balaban J connectivity index is 2.03. The zero-order valence-electron chi connectivity index (χ0n) is 8.39. The molecule has 1 fully saturated rings. The largest absolute Gasteiger partial charge is 0.381 e. The molecule has 1 aliphatic rings. The topological polar surface area (TPSA) is 24.1 Å². The molecule has 2 N–H and O–H groups in total. The fraction of sp³-hybridized carbons (Fsp3) is 0.455. The van der Waals surface area contributed by atoms with E-state index in [0.29, 0.717) is 6.04 Å². The normalized spacial score (nSPS) is 17.7. The number of piperidine rings is 1. The van der Waals surface area contributed by atoms with Crippen LogP contribution in [0.25, 0.3) is 0 Å². The zero-order valence-corrected chi connectivity index (χ0v) is 9.98. The Hall–Kier alpha value is -0.610. The molecule has 2 nitrogen and oxygen atoms in total.